The summed E-state index contributed by atoms with van der Waals surface area (Å²) in [6.07, 6.45) is -0.0547. The molecule has 0 unspecified atom stereocenters. The van der Waals surface area contributed by atoms with E-state index in [1.54, 1.807) is 6.07 Å². The number of rotatable bonds is 6. The van der Waals surface area contributed by atoms with E-state index in [2.05, 4.69) is 35.9 Å². The number of hydrogen-bond donors (Lipinski definition) is 0. The van der Waals surface area contributed by atoms with Crippen LogP contribution in [-0.4, -0.2) is 0 Å². The van der Waals surface area contributed by atoms with E-state index >= 15 is 0 Å². The second-order valence-corrected chi connectivity index (χ2v) is 6.77. The Bertz CT molecular complexity index is 1010. The van der Waals surface area contributed by atoms with Gasteiger partial charge in [-0.05, 0) is 58.9 Å². The number of aryl methyl sites for hydroxylation is 2. The van der Waals surface area contributed by atoms with E-state index in [1.807, 2.05) is 19.1 Å². The first kappa shape index (κ1) is 20.6. The topological polar surface area (TPSA) is 9.23 Å². The molecule has 0 bridgehead atoms. The molecule has 3 rings (SSSR count). The fraction of sp³-hybridized carbons (Fsp3) is 0.167. The van der Waals surface area contributed by atoms with Crippen molar-refractivity contribution in [2.75, 3.05) is 0 Å². The SMILES string of the molecule is CCCc1ccc(-c2ccc(-c3cc(F)c(OC=C(F)F)c(F)c3)c(C)c2)cc1. The first-order valence-corrected chi connectivity index (χ1v) is 9.26. The summed E-state index contributed by atoms with van der Waals surface area (Å²) in [5.41, 5.74) is 5.12. The molecule has 0 aliphatic heterocycles. The monoisotopic (exact) mass is 400 g/mol. The van der Waals surface area contributed by atoms with Crippen molar-refractivity contribution in [1.82, 2.24) is 0 Å². The number of benzene rings is 3. The highest BCUT2D eigenvalue weighted by molar-refractivity contribution is 5.74. The Hall–Kier alpha value is -3.08. The molecule has 0 N–H and O–H groups in total. The van der Waals surface area contributed by atoms with Gasteiger partial charge in [-0.25, -0.2) is 8.78 Å². The maximum atomic E-state index is 14.2. The summed E-state index contributed by atoms with van der Waals surface area (Å²) in [6.45, 7) is 3.99. The highest BCUT2D eigenvalue weighted by atomic mass is 19.3. The van der Waals surface area contributed by atoms with E-state index in [0.29, 0.717) is 11.1 Å². The number of hydrogen-bond acceptors (Lipinski definition) is 1. The van der Waals surface area contributed by atoms with Crippen molar-refractivity contribution in [2.24, 2.45) is 0 Å². The molecule has 0 saturated heterocycles. The molecular formula is C24H20F4O. The van der Waals surface area contributed by atoms with Crippen molar-refractivity contribution in [1.29, 1.82) is 0 Å². The number of ether oxygens (including phenoxy) is 1. The summed E-state index contributed by atoms with van der Waals surface area (Å²) >= 11 is 0. The average molecular weight is 400 g/mol. The second kappa shape index (κ2) is 8.95. The van der Waals surface area contributed by atoms with Crippen LogP contribution in [-0.2, 0) is 6.42 Å². The van der Waals surface area contributed by atoms with E-state index in [0.717, 1.165) is 41.7 Å². The Labute approximate surface area is 167 Å². The van der Waals surface area contributed by atoms with Gasteiger partial charge in [0, 0.05) is 0 Å². The van der Waals surface area contributed by atoms with E-state index in [1.165, 1.54) is 5.56 Å². The third-order valence-corrected chi connectivity index (χ3v) is 4.63. The summed E-state index contributed by atoms with van der Waals surface area (Å²) < 4.78 is 57.0. The fourth-order valence-corrected chi connectivity index (χ4v) is 3.25. The van der Waals surface area contributed by atoms with Crippen molar-refractivity contribution in [3.8, 4) is 28.0 Å². The predicted molar refractivity (Wildman–Crippen MR) is 107 cm³/mol. The summed E-state index contributed by atoms with van der Waals surface area (Å²) in [4.78, 5) is 0. The lowest BCUT2D eigenvalue weighted by Gasteiger charge is -2.12. The van der Waals surface area contributed by atoms with Crippen LogP contribution in [0.3, 0.4) is 0 Å². The Morgan fingerprint density at radius 1 is 0.862 bits per heavy atom. The van der Waals surface area contributed by atoms with Crippen LogP contribution in [0.4, 0.5) is 17.6 Å². The summed E-state index contributed by atoms with van der Waals surface area (Å²) in [6, 6.07) is 16.1. The zero-order valence-corrected chi connectivity index (χ0v) is 16.1. The normalized spacial score (nSPS) is 10.7. The molecule has 0 aliphatic rings. The maximum absolute atomic E-state index is 14.2. The standard InChI is InChI=1S/C24H20F4O/c1-3-4-16-5-7-17(8-6-16)18-9-10-20(15(2)11-18)19-12-21(25)24(22(26)13-19)29-14-23(27)28/h5-14H,3-4H2,1-2H3. The van der Waals surface area contributed by atoms with Gasteiger partial charge in [0.25, 0.3) is 0 Å². The molecule has 29 heavy (non-hydrogen) atoms. The lowest BCUT2D eigenvalue weighted by molar-refractivity contribution is 0.344. The van der Waals surface area contributed by atoms with Crippen LogP contribution >= 0.6 is 0 Å². The Balaban J connectivity index is 1.91. The molecule has 0 fully saturated rings. The molecule has 0 radical (unpaired) electrons. The van der Waals surface area contributed by atoms with E-state index in [9.17, 15) is 17.6 Å². The quantitative estimate of drug-likeness (QED) is 0.305. The first-order chi connectivity index (χ1) is 13.9. The molecule has 0 spiro atoms. The van der Waals surface area contributed by atoms with E-state index in [4.69, 9.17) is 0 Å². The molecular weight excluding hydrogens is 380 g/mol. The molecule has 3 aromatic rings. The maximum Gasteiger partial charge on any atom is 0.305 e. The zero-order chi connectivity index (χ0) is 21.0. The van der Waals surface area contributed by atoms with Crippen LogP contribution in [0.15, 0.2) is 66.9 Å². The summed E-state index contributed by atoms with van der Waals surface area (Å²) in [5, 5.41) is 0. The second-order valence-electron chi connectivity index (χ2n) is 6.77. The average Bonchev–Trinajstić information content (AvgIpc) is 2.67. The number of halogens is 4. The van der Waals surface area contributed by atoms with Crippen LogP contribution in [0.2, 0.25) is 0 Å². The van der Waals surface area contributed by atoms with Crippen LogP contribution in [0.25, 0.3) is 22.3 Å². The van der Waals surface area contributed by atoms with Gasteiger partial charge in [-0.3, -0.25) is 0 Å². The minimum atomic E-state index is -2.18. The lowest BCUT2D eigenvalue weighted by Crippen LogP contribution is -1.95. The molecule has 0 atom stereocenters. The van der Waals surface area contributed by atoms with Gasteiger partial charge in [0.1, 0.15) is 0 Å². The molecule has 150 valence electrons. The van der Waals surface area contributed by atoms with Crippen molar-refractivity contribution in [3.63, 3.8) is 0 Å². The van der Waals surface area contributed by atoms with E-state index < -0.39 is 23.5 Å². The van der Waals surface area contributed by atoms with Crippen molar-refractivity contribution in [3.05, 3.63) is 89.7 Å². The highest BCUT2D eigenvalue weighted by Gasteiger charge is 2.15. The Morgan fingerprint density at radius 3 is 2.03 bits per heavy atom. The molecule has 0 saturated carbocycles. The molecule has 0 heterocycles. The van der Waals surface area contributed by atoms with Crippen LogP contribution < -0.4 is 4.74 Å². The van der Waals surface area contributed by atoms with E-state index in [-0.39, 0.29) is 6.26 Å². The third-order valence-electron chi connectivity index (χ3n) is 4.63. The third kappa shape index (κ3) is 4.86. The summed E-state index contributed by atoms with van der Waals surface area (Å²) in [7, 11) is 0. The van der Waals surface area contributed by atoms with Crippen LogP contribution in [0.1, 0.15) is 24.5 Å². The minimum Gasteiger partial charge on any atom is -0.453 e. The Morgan fingerprint density at radius 2 is 1.48 bits per heavy atom. The smallest absolute Gasteiger partial charge is 0.305 e. The van der Waals surface area contributed by atoms with Gasteiger partial charge in [-0.1, -0.05) is 55.8 Å². The van der Waals surface area contributed by atoms with Gasteiger partial charge in [0.15, 0.2) is 23.6 Å². The van der Waals surface area contributed by atoms with Gasteiger partial charge in [-0.2, -0.15) is 8.78 Å². The van der Waals surface area contributed by atoms with Crippen molar-refractivity contribution in [2.45, 2.75) is 26.7 Å². The van der Waals surface area contributed by atoms with Gasteiger partial charge < -0.3 is 4.74 Å². The van der Waals surface area contributed by atoms with Gasteiger partial charge >= 0.3 is 6.08 Å². The van der Waals surface area contributed by atoms with Crippen molar-refractivity contribution < 1.29 is 22.3 Å². The van der Waals surface area contributed by atoms with Gasteiger partial charge in [0.05, 0.1) is 0 Å². The Kier molecular flexibility index (Phi) is 6.37. The lowest BCUT2D eigenvalue weighted by atomic mass is 9.95. The molecule has 5 heteroatoms. The highest BCUT2D eigenvalue weighted by Crippen LogP contribution is 2.33. The molecule has 0 aliphatic carbocycles. The summed E-state index contributed by atoms with van der Waals surface area (Å²) in [5.74, 6) is -2.96. The van der Waals surface area contributed by atoms with Gasteiger partial charge in [-0.15, -0.1) is 0 Å². The molecule has 0 aromatic heterocycles. The molecule has 1 nitrogen and oxygen atoms in total. The fourth-order valence-electron chi connectivity index (χ4n) is 3.25. The minimum absolute atomic E-state index is 0.00694. The molecule has 3 aromatic carbocycles. The first-order valence-electron chi connectivity index (χ1n) is 9.26. The largest absolute Gasteiger partial charge is 0.453 e. The zero-order valence-electron chi connectivity index (χ0n) is 16.1. The van der Waals surface area contributed by atoms with Crippen LogP contribution in [0.5, 0.6) is 5.75 Å². The van der Waals surface area contributed by atoms with Crippen molar-refractivity contribution >= 4 is 0 Å². The van der Waals surface area contributed by atoms with Crippen LogP contribution in [0, 0.1) is 18.6 Å². The van der Waals surface area contributed by atoms with Gasteiger partial charge in [0.2, 0.25) is 0 Å². The molecule has 0 amide bonds. The predicted octanol–water partition coefficient (Wildman–Crippen LogP) is 7.68.